The summed E-state index contributed by atoms with van der Waals surface area (Å²) in [7, 11) is 0. The third-order valence-corrected chi connectivity index (χ3v) is 6.35. The number of benzene rings is 1. The van der Waals surface area contributed by atoms with Gasteiger partial charge in [-0.1, -0.05) is 18.2 Å². The van der Waals surface area contributed by atoms with Gasteiger partial charge >= 0.3 is 0 Å². The summed E-state index contributed by atoms with van der Waals surface area (Å²) in [5, 5.41) is 3.82. The lowest BCUT2D eigenvalue weighted by Crippen LogP contribution is -2.48. The molecule has 0 radical (unpaired) electrons. The number of anilines is 1. The second-order valence-corrected chi connectivity index (χ2v) is 8.51. The van der Waals surface area contributed by atoms with Gasteiger partial charge in [0.15, 0.2) is 0 Å². The smallest absolute Gasteiger partial charge is 0.253 e. The van der Waals surface area contributed by atoms with Crippen molar-refractivity contribution in [2.24, 2.45) is 0 Å². The van der Waals surface area contributed by atoms with Crippen LogP contribution < -0.4 is 10.2 Å². The number of aromatic nitrogens is 3. The van der Waals surface area contributed by atoms with Gasteiger partial charge in [-0.25, -0.2) is 9.97 Å². The molecule has 7 nitrogen and oxygen atoms in total. The zero-order valence-electron chi connectivity index (χ0n) is 18.1. The van der Waals surface area contributed by atoms with E-state index in [1.807, 2.05) is 65.8 Å². The predicted molar refractivity (Wildman–Crippen MR) is 124 cm³/mol. The zero-order valence-corrected chi connectivity index (χ0v) is 18.1. The molecule has 164 valence electrons. The summed E-state index contributed by atoms with van der Waals surface area (Å²) in [6.45, 7) is 3.45. The van der Waals surface area contributed by atoms with E-state index in [0.29, 0.717) is 12.1 Å². The Labute approximate surface area is 188 Å². The Morgan fingerprint density at radius 1 is 0.906 bits per heavy atom. The Bertz CT molecular complexity index is 1040. The maximum absolute atomic E-state index is 12.7. The van der Waals surface area contributed by atoms with Crippen LogP contribution in [0.2, 0.25) is 0 Å². The van der Waals surface area contributed by atoms with E-state index in [1.54, 1.807) is 6.20 Å². The molecule has 5 rings (SSSR count). The first-order chi connectivity index (χ1) is 15.8. The second kappa shape index (κ2) is 9.44. The van der Waals surface area contributed by atoms with E-state index in [1.165, 1.54) is 0 Å². The molecule has 4 heterocycles. The van der Waals surface area contributed by atoms with Gasteiger partial charge in [-0.3, -0.25) is 9.78 Å². The van der Waals surface area contributed by atoms with Crippen LogP contribution in [0.25, 0.3) is 11.3 Å². The highest BCUT2D eigenvalue weighted by atomic mass is 16.2. The SMILES string of the molecule is O=C(c1ccccc1)N1CCC(NC2CCN(c3nccc(-c4cccnc4)n3)C2)CC1. The van der Waals surface area contributed by atoms with Crippen LogP contribution in [0.15, 0.2) is 67.1 Å². The van der Waals surface area contributed by atoms with Crippen molar-refractivity contribution in [3.63, 3.8) is 0 Å². The number of amides is 1. The summed E-state index contributed by atoms with van der Waals surface area (Å²) in [5.41, 5.74) is 2.68. The van der Waals surface area contributed by atoms with E-state index in [-0.39, 0.29) is 5.91 Å². The maximum atomic E-state index is 12.7. The lowest BCUT2D eigenvalue weighted by atomic mass is 10.0. The summed E-state index contributed by atoms with van der Waals surface area (Å²) in [4.78, 5) is 30.4. The monoisotopic (exact) mass is 428 g/mol. The van der Waals surface area contributed by atoms with E-state index >= 15 is 0 Å². The molecule has 0 saturated carbocycles. The van der Waals surface area contributed by atoms with Gasteiger partial charge in [0.2, 0.25) is 5.95 Å². The summed E-state index contributed by atoms with van der Waals surface area (Å²) in [6, 6.07) is 16.3. The van der Waals surface area contributed by atoms with Crippen LogP contribution >= 0.6 is 0 Å². The van der Waals surface area contributed by atoms with Crippen molar-refractivity contribution >= 4 is 11.9 Å². The molecule has 2 saturated heterocycles. The van der Waals surface area contributed by atoms with Crippen molar-refractivity contribution in [2.75, 3.05) is 31.1 Å². The molecule has 1 atom stereocenters. The van der Waals surface area contributed by atoms with Gasteiger partial charge in [0.25, 0.3) is 5.91 Å². The predicted octanol–water partition coefficient (Wildman–Crippen LogP) is 3.01. The van der Waals surface area contributed by atoms with Crippen molar-refractivity contribution in [1.29, 1.82) is 0 Å². The number of piperidine rings is 1. The summed E-state index contributed by atoms with van der Waals surface area (Å²) in [6.07, 6.45) is 8.47. The van der Waals surface area contributed by atoms with Crippen molar-refractivity contribution in [3.8, 4) is 11.3 Å². The molecule has 0 aliphatic carbocycles. The number of rotatable bonds is 5. The summed E-state index contributed by atoms with van der Waals surface area (Å²) in [5.74, 6) is 0.917. The average Bonchev–Trinajstić information content (AvgIpc) is 3.34. The molecule has 0 bridgehead atoms. The standard InChI is InChI=1S/C25H28N6O/c32-24(19-5-2-1-3-6-19)30-14-9-21(10-15-30)28-22-11-16-31(18-22)25-27-13-8-23(29-25)20-7-4-12-26-17-20/h1-8,12-13,17,21-22,28H,9-11,14-16,18H2. The van der Waals surface area contributed by atoms with Gasteiger partial charge in [0.05, 0.1) is 5.69 Å². The molecular weight excluding hydrogens is 400 g/mol. The third kappa shape index (κ3) is 4.62. The molecule has 2 aliphatic heterocycles. The molecule has 3 aromatic rings. The molecule has 1 amide bonds. The number of nitrogens with one attached hydrogen (secondary N) is 1. The van der Waals surface area contributed by atoms with Crippen molar-refractivity contribution in [1.82, 2.24) is 25.2 Å². The van der Waals surface area contributed by atoms with Gasteiger partial charge in [-0.05, 0) is 49.6 Å². The Balaban J connectivity index is 1.14. The Morgan fingerprint density at radius 3 is 2.50 bits per heavy atom. The highest BCUT2D eigenvalue weighted by molar-refractivity contribution is 5.94. The molecule has 32 heavy (non-hydrogen) atoms. The van der Waals surface area contributed by atoms with E-state index < -0.39 is 0 Å². The number of hydrogen-bond acceptors (Lipinski definition) is 6. The number of nitrogens with zero attached hydrogens (tertiary/aromatic N) is 5. The van der Waals surface area contributed by atoms with Crippen LogP contribution in [-0.4, -0.2) is 64.0 Å². The fourth-order valence-corrected chi connectivity index (χ4v) is 4.60. The van der Waals surface area contributed by atoms with Crippen LogP contribution in [0, 0.1) is 0 Å². The Hall–Kier alpha value is -3.32. The van der Waals surface area contributed by atoms with E-state index in [0.717, 1.165) is 68.2 Å². The van der Waals surface area contributed by atoms with Gasteiger partial charge in [-0.2, -0.15) is 0 Å². The quantitative estimate of drug-likeness (QED) is 0.673. The van der Waals surface area contributed by atoms with Crippen LogP contribution in [0.1, 0.15) is 29.6 Å². The Kier molecular flexibility index (Phi) is 6.07. The number of hydrogen-bond donors (Lipinski definition) is 1. The molecule has 2 aliphatic rings. The highest BCUT2D eigenvalue weighted by Gasteiger charge is 2.29. The number of carbonyl (C=O) groups excluding carboxylic acids is 1. The minimum absolute atomic E-state index is 0.140. The molecule has 1 N–H and O–H groups in total. The zero-order chi connectivity index (χ0) is 21.8. The topological polar surface area (TPSA) is 74.2 Å². The maximum Gasteiger partial charge on any atom is 0.253 e. The fraction of sp³-hybridized carbons (Fsp3) is 0.360. The summed E-state index contributed by atoms with van der Waals surface area (Å²) < 4.78 is 0. The second-order valence-electron chi connectivity index (χ2n) is 8.51. The first-order valence-corrected chi connectivity index (χ1v) is 11.3. The normalized spacial score (nSPS) is 19.3. The first kappa shape index (κ1) is 20.6. The number of carbonyl (C=O) groups is 1. The highest BCUT2D eigenvalue weighted by Crippen LogP contribution is 2.22. The fourth-order valence-electron chi connectivity index (χ4n) is 4.60. The number of pyridine rings is 1. The van der Waals surface area contributed by atoms with Gasteiger partial charge < -0.3 is 15.1 Å². The minimum Gasteiger partial charge on any atom is -0.339 e. The molecule has 1 aromatic carbocycles. The van der Waals surface area contributed by atoms with Gasteiger partial charge in [0.1, 0.15) is 0 Å². The lowest BCUT2D eigenvalue weighted by molar-refractivity contribution is 0.0702. The van der Waals surface area contributed by atoms with Crippen molar-refractivity contribution in [3.05, 3.63) is 72.7 Å². The molecule has 7 heteroatoms. The molecule has 1 unspecified atom stereocenters. The van der Waals surface area contributed by atoms with E-state index in [2.05, 4.69) is 20.2 Å². The number of likely N-dealkylation sites (tertiary alicyclic amines) is 1. The summed E-state index contributed by atoms with van der Waals surface area (Å²) >= 11 is 0. The van der Waals surface area contributed by atoms with E-state index in [9.17, 15) is 4.79 Å². The van der Waals surface area contributed by atoms with Crippen LogP contribution in [0.4, 0.5) is 5.95 Å². The van der Waals surface area contributed by atoms with Crippen molar-refractivity contribution < 1.29 is 4.79 Å². The minimum atomic E-state index is 0.140. The first-order valence-electron chi connectivity index (χ1n) is 11.3. The molecule has 0 spiro atoms. The lowest BCUT2D eigenvalue weighted by Gasteiger charge is -2.34. The van der Waals surface area contributed by atoms with Crippen LogP contribution in [-0.2, 0) is 0 Å². The van der Waals surface area contributed by atoms with Crippen LogP contribution in [0.3, 0.4) is 0 Å². The van der Waals surface area contributed by atoms with Gasteiger partial charge in [0, 0.05) is 68.0 Å². The van der Waals surface area contributed by atoms with Crippen LogP contribution in [0.5, 0.6) is 0 Å². The van der Waals surface area contributed by atoms with Crippen molar-refractivity contribution in [2.45, 2.75) is 31.3 Å². The molecule has 2 aromatic heterocycles. The largest absolute Gasteiger partial charge is 0.339 e. The Morgan fingerprint density at radius 2 is 1.72 bits per heavy atom. The van der Waals surface area contributed by atoms with Gasteiger partial charge in [-0.15, -0.1) is 0 Å². The third-order valence-electron chi connectivity index (χ3n) is 6.35. The van der Waals surface area contributed by atoms with E-state index in [4.69, 9.17) is 4.98 Å². The molecule has 2 fully saturated rings. The average molecular weight is 429 g/mol. The molecular formula is C25H28N6O.